The molecule has 0 aliphatic carbocycles. The Morgan fingerprint density at radius 2 is 1.91 bits per heavy atom. The number of benzene rings is 2. The summed E-state index contributed by atoms with van der Waals surface area (Å²) in [5.41, 5.74) is 3.02. The van der Waals surface area contributed by atoms with Crippen molar-refractivity contribution in [1.82, 2.24) is 9.88 Å². The third kappa shape index (κ3) is 4.87. The van der Waals surface area contributed by atoms with Crippen LogP contribution in [0.25, 0.3) is 10.9 Å². The average molecular weight is 435 g/mol. The summed E-state index contributed by atoms with van der Waals surface area (Å²) in [6.45, 7) is 6.62. The standard InChI is InChI=1S/C27H25F3N2/c1-19(2)8-15-26(22-11-14-24-21(18-22)6-5-16-31-24)32-17-4-3-7-25(32)20-9-12-23(13-10-20)27(28,29)30/h5-6,9-14,16,18,25-26H,1,3-4,7,17H2,2H3/t25-,26+/m0/s1. The van der Waals surface area contributed by atoms with E-state index in [1.54, 1.807) is 18.3 Å². The summed E-state index contributed by atoms with van der Waals surface area (Å²) in [6, 6.07) is 15.5. The molecule has 2 nitrogen and oxygen atoms in total. The lowest BCUT2D eigenvalue weighted by Gasteiger charge is -2.40. The van der Waals surface area contributed by atoms with Crippen molar-refractivity contribution in [3.8, 4) is 11.8 Å². The van der Waals surface area contributed by atoms with Crippen molar-refractivity contribution in [2.24, 2.45) is 0 Å². The van der Waals surface area contributed by atoms with E-state index in [1.807, 2.05) is 31.2 Å². The Hall–Kier alpha value is -3.10. The van der Waals surface area contributed by atoms with Gasteiger partial charge < -0.3 is 0 Å². The lowest BCUT2D eigenvalue weighted by atomic mass is 9.91. The minimum Gasteiger partial charge on any atom is -0.279 e. The molecule has 1 aliphatic rings. The molecule has 0 saturated carbocycles. The Balaban J connectivity index is 1.74. The molecule has 5 heteroatoms. The number of allylic oxidation sites excluding steroid dienone is 1. The lowest BCUT2D eigenvalue weighted by molar-refractivity contribution is -0.137. The molecule has 2 aromatic carbocycles. The number of hydrogen-bond acceptors (Lipinski definition) is 2. The molecule has 4 rings (SSSR count). The second kappa shape index (κ2) is 9.18. The van der Waals surface area contributed by atoms with Crippen LogP contribution in [0.15, 0.2) is 72.9 Å². The Morgan fingerprint density at radius 3 is 2.62 bits per heavy atom. The van der Waals surface area contributed by atoms with E-state index < -0.39 is 11.7 Å². The number of aromatic nitrogens is 1. The van der Waals surface area contributed by atoms with E-state index in [-0.39, 0.29) is 12.1 Å². The fraction of sp³-hybridized carbons (Fsp3) is 0.296. The third-order valence-electron chi connectivity index (χ3n) is 5.86. The lowest BCUT2D eigenvalue weighted by Crippen LogP contribution is -2.36. The van der Waals surface area contributed by atoms with Gasteiger partial charge in [0.25, 0.3) is 0 Å². The molecule has 0 amide bonds. The zero-order valence-corrected chi connectivity index (χ0v) is 18.0. The van der Waals surface area contributed by atoms with Gasteiger partial charge in [0, 0.05) is 24.2 Å². The molecule has 1 fully saturated rings. The van der Waals surface area contributed by atoms with Gasteiger partial charge in [-0.05, 0) is 66.8 Å². The maximum absolute atomic E-state index is 13.0. The Bertz CT molecular complexity index is 1170. The van der Waals surface area contributed by atoms with E-state index in [2.05, 4.69) is 34.4 Å². The number of hydrogen-bond donors (Lipinski definition) is 0. The summed E-state index contributed by atoms with van der Waals surface area (Å²) < 4.78 is 39.1. The molecule has 2 atom stereocenters. The van der Waals surface area contributed by atoms with E-state index in [4.69, 9.17) is 0 Å². The number of alkyl halides is 3. The molecule has 0 radical (unpaired) electrons. The van der Waals surface area contributed by atoms with Crippen molar-refractivity contribution in [2.45, 2.75) is 44.4 Å². The number of likely N-dealkylation sites (tertiary alicyclic amines) is 1. The fourth-order valence-electron chi connectivity index (χ4n) is 4.33. The van der Waals surface area contributed by atoms with Crippen LogP contribution in [0.1, 0.15) is 55.0 Å². The third-order valence-corrected chi connectivity index (χ3v) is 5.86. The van der Waals surface area contributed by atoms with Crippen molar-refractivity contribution >= 4 is 10.9 Å². The van der Waals surface area contributed by atoms with Crippen LogP contribution in [0.3, 0.4) is 0 Å². The van der Waals surface area contributed by atoms with Crippen LogP contribution in [-0.4, -0.2) is 16.4 Å². The van der Waals surface area contributed by atoms with Crippen LogP contribution in [-0.2, 0) is 6.18 Å². The SMILES string of the molecule is C=C(C)C#C[C@H](c1ccc2ncccc2c1)N1CCCC[C@H]1c1ccc(C(F)(F)F)cc1. The van der Waals surface area contributed by atoms with Gasteiger partial charge in [-0.2, -0.15) is 13.2 Å². The van der Waals surface area contributed by atoms with Crippen LogP contribution in [0.5, 0.6) is 0 Å². The number of pyridine rings is 1. The van der Waals surface area contributed by atoms with Gasteiger partial charge in [-0.25, -0.2) is 0 Å². The van der Waals surface area contributed by atoms with Crippen LogP contribution < -0.4 is 0 Å². The number of nitrogens with zero attached hydrogens (tertiary/aromatic N) is 2. The second-order valence-corrected chi connectivity index (χ2v) is 8.28. The quantitative estimate of drug-likeness (QED) is 0.409. The highest BCUT2D eigenvalue weighted by molar-refractivity contribution is 5.79. The molecule has 1 aromatic heterocycles. The maximum Gasteiger partial charge on any atom is 0.416 e. The largest absolute Gasteiger partial charge is 0.416 e. The maximum atomic E-state index is 13.0. The van der Waals surface area contributed by atoms with Crippen molar-refractivity contribution < 1.29 is 13.2 Å². The van der Waals surface area contributed by atoms with Gasteiger partial charge in [0.15, 0.2) is 0 Å². The Labute approximate surface area is 186 Å². The summed E-state index contributed by atoms with van der Waals surface area (Å²) in [5.74, 6) is 6.52. The molecule has 1 saturated heterocycles. The summed E-state index contributed by atoms with van der Waals surface area (Å²) in [5, 5.41) is 1.04. The molecule has 0 N–H and O–H groups in total. The van der Waals surface area contributed by atoms with E-state index >= 15 is 0 Å². The number of piperidine rings is 1. The number of rotatable bonds is 3. The van der Waals surface area contributed by atoms with Gasteiger partial charge >= 0.3 is 6.18 Å². The van der Waals surface area contributed by atoms with E-state index in [0.717, 1.165) is 53.4 Å². The monoisotopic (exact) mass is 434 g/mol. The summed E-state index contributed by atoms with van der Waals surface area (Å²) in [7, 11) is 0. The van der Waals surface area contributed by atoms with Gasteiger partial charge in [-0.3, -0.25) is 9.88 Å². The molecular weight excluding hydrogens is 409 g/mol. The highest BCUT2D eigenvalue weighted by Gasteiger charge is 2.33. The fourth-order valence-corrected chi connectivity index (χ4v) is 4.33. The van der Waals surface area contributed by atoms with Crippen LogP contribution in [0.4, 0.5) is 13.2 Å². The van der Waals surface area contributed by atoms with Crippen LogP contribution in [0, 0.1) is 11.8 Å². The average Bonchev–Trinajstić information content (AvgIpc) is 2.79. The second-order valence-electron chi connectivity index (χ2n) is 8.28. The molecule has 2 heterocycles. The predicted molar refractivity (Wildman–Crippen MR) is 122 cm³/mol. The van der Waals surface area contributed by atoms with E-state index in [9.17, 15) is 13.2 Å². The normalized spacial score (nSPS) is 18.1. The molecule has 164 valence electrons. The molecule has 1 aliphatic heterocycles. The number of halogens is 3. The van der Waals surface area contributed by atoms with Crippen LogP contribution >= 0.6 is 0 Å². The minimum absolute atomic E-state index is 0.0000467. The first kappa shape index (κ1) is 22.1. The molecule has 3 aromatic rings. The zero-order valence-electron chi connectivity index (χ0n) is 18.0. The van der Waals surface area contributed by atoms with Gasteiger partial charge in [0.2, 0.25) is 0 Å². The molecule has 32 heavy (non-hydrogen) atoms. The van der Waals surface area contributed by atoms with Crippen molar-refractivity contribution in [3.63, 3.8) is 0 Å². The van der Waals surface area contributed by atoms with E-state index in [0.29, 0.717) is 0 Å². The smallest absolute Gasteiger partial charge is 0.279 e. The van der Waals surface area contributed by atoms with Gasteiger partial charge in [-0.1, -0.05) is 49.1 Å². The highest BCUT2D eigenvalue weighted by Crippen LogP contribution is 2.39. The van der Waals surface area contributed by atoms with Crippen LogP contribution in [0.2, 0.25) is 0 Å². The zero-order chi connectivity index (χ0) is 22.7. The minimum atomic E-state index is -4.33. The van der Waals surface area contributed by atoms with Gasteiger partial charge in [0.05, 0.1) is 17.1 Å². The van der Waals surface area contributed by atoms with Crippen molar-refractivity contribution in [2.75, 3.05) is 6.54 Å². The molecule has 0 unspecified atom stereocenters. The van der Waals surface area contributed by atoms with Crippen molar-refractivity contribution in [3.05, 3.63) is 89.6 Å². The summed E-state index contributed by atoms with van der Waals surface area (Å²) in [4.78, 5) is 6.72. The predicted octanol–water partition coefficient (Wildman–Crippen LogP) is 7.10. The number of fused-ring (bicyclic) bond motifs is 1. The molecular formula is C27H25F3N2. The van der Waals surface area contributed by atoms with Crippen molar-refractivity contribution in [1.29, 1.82) is 0 Å². The highest BCUT2D eigenvalue weighted by atomic mass is 19.4. The summed E-state index contributed by atoms with van der Waals surface area (Å²) in [6.07, 6.45) is 0.374. The topological polar surface area (TPSA) is 16.1 Å². The van der Waals surface area contributed by atoms with Gasteiger partial charge in [-0.15, -0.1) is 0 Å². The first-order chi connectivity index (χ1) is 15.3. The van der Waals surface area contributed by atoms with E-state index in [1.165, 1.54) is 12.1 Å². The molecule has 0 spiro atoms. The molecule has 0 bridgehead atoms. The first-order valence-corrected chi connectivity index (χ1v) is 10.8. The Morgan fingerprint density at radius 1 is 1.12 bits per heavy atom. The van der Waals surface area contributed by atoms with Gasteiger partial charge in [0.1, 0.15) is 0 Å². The summed E-state index contributed by atoms with van der Waals surface area (Å²) >= 11 is 0. The Kier molecular flexibility index (Phi) is 6.34. The first-order valence-electron chi connectivity index (χ1n) is 10.8.